The second-order valence-electron chi connectivity index (χ2n) is 6.54. The van der Waals surface area contributed by atoms with E-state index in [1.54, 1.807) is 0 Å². The first kappa shape index (κ1) is 22.9. The van der Waals surface area contributed by atoms with E-state index in [9.17, 15) is 31.4 Å². The minimum Gasteiger partial charge on any atom is -0.493 e. The van der Waals surface area contributed by atoms with E-state index in [-0.39, 0.29) is 21.8 Å². The van der Waals surface area contributed by atoms with Crippen molar-refractivity contribution in [3.05, 3.63) is 69.1 Å². The van der Waals surface area contributed by atoms with Crippen LogP contribution >= 0.6 is 12.2 Å². The highest BCUT2D eigenvalue weighted by Gasteiger charge is 2.35. The molecule has 3 rings (SSSR count). The molecule has 0 spiro atoms. The lowest BCUT2D eigenvalue weighted by atomic mass is 10.1. The fraction of sp³-hybridized carbons (Fsp3) is 0.150. The summed E-state index contributed by atoms with van der Waals surface area (Å²) in [6.07, 6.45) is -9.72. The van der Waals surface area contributed by atoms with Crippen molar-refractivity contribution in [2.75, 3.05) is 0 Å². The molecule has 0 amide bonds. The first-order valence-electron chi connectivity index (χ1n) is 8.58. The summed E-state index contributed by atoms with van der Waals surface area (Å²) in [4.78, 5) is 0. The second-order valence-corrected chi connectivity index (χ2v) is 6.91. The SMILES string of the molecule is Cc1c(O)n(-c2ccc(C#N)c(C(F)(F)F)c2)c(=S)n1-c1ccc(C#N)c(C(F)(F)F)c1. The molecule has 0 radical (unpaired) electrons. The van der Waals surface area contributed by atoms with Crippen molar-refractivity contribution in [2.45, 2.75) is 19.3 Å². The van der Waals surface area contributed by atoms with Crippen LogP contribution in [-0.2, 0) is 12.4 Å². The van der Waals surface area contributed by atoms with Crippen LogP contribution in [0.25, 0.3) is 11.4 Å². The second kappa shape index (κ2) is 7.73. The Bertz CT molecular complexity index is 1270. The Balaban J connectivity index is 2.29. The van der Waals surface area contributed by atoms with E-state index >= 15 is 0 Å². The van der Waals surface area contributed by atoms with E-state index in [1.807, 2.05) is 0 Å². The first-order valence-corrected chi connectivity index (χ1v) is 8.98. The van der Waals surface area contributed by atoms with Gasteiger partial charge in [0.25, 0.3) is 0 Å². The van der Waals surface area contributed by atoms with Crippen LogP contribution in [-0.4, -0.2) is 14.2 Å². The average Bonchev–Trinajstić information content (AvgIpc) is 2.94. The molecular weight excluding hydrogens is 458 g/mol. The van der Waals surface area contributed by atoms with Crippen molar-refractivity contribution in [3.8, 4) is 29.4 Å². The lowest BCUT2D eigenvalue weighted by Gasteiger charge is -2.13. The molecule has 0 aliphatic rings. The number of hydrogen-bond acceptors (Lipinski definition) is 4. The van der Waals surface area contributed by atoms with Crippen molar-refractivity contribution < 1.29 is 31.4 Å². The van der Waals surface area contributed by atoms with Gasteiger partial charge in [-0.1, -0.05) is 0 Å². The number of aromatic hydroxyl groups is 1. The highest BCUT2D eigenvalue weighted by atomic mass is 32.1. The summed E-state index contributed by atoms with van der Waals surface area (Å²) in [6, 6.07) is 8.25. The van der Waals surface area contributed by atoms with Crippen LogP contribution in [0.3, 0.4) is 0 Å². The Labute approximate surface area is 181 Å². The van der Waals surface area contributed by atoms with Gasteiger partial charge in [0.1, 0.15) is 0 Å². The molecule has 0 saturated heterocycles. The van der Waals surface area contributed by atoms with Crippen LogP contribution in [0, 0.1) is 34.4 Å². The number of benzene rings is 2. The van der Waals surface area contributed by atoms with E-state index in [1.165, 1.54) is 25.1 Å². The highest BCUT2D eigenvalue weighted by molar-refractivity contribution is 7.71. The van der Waals surface area contributed by atoms with Gasteiger partial charge in [0.2, 0.25) is 5.88 Å². The zero-order chi connectivity index (χ0) is 24.0. The molecule has 5 nitrogen and oxygen atoms in total. The number of aromatic nitrogens is 2. The van der Waals surface area contributed by atoms with Crippen molar-refractivity contribution in [1.29, 1.82) is 10.5 Å². The topological polar surface area (TPSA) is 77.7 Å². The third-order valence-corrected chi connectivity index (χ3v) is 4.99. The van der Waals surface area contributed by atoms with Crippen molar-refractivity contribution >= 4 is 12.2 Å². The van der Waals surface area contributed by atoms with Crippen LogP contribution in [0.2, 0.25) is 0 Å². The van der Waals surface area contributed by atoms with Crippen LogP contribution in [0.15, 0.2) is 36.4 Å². The molecular formula is C20H10F6N4OS. The predicted octanol–water partition coefficient (Wildman–Crippen LogP) is 5.79. The molecule has 0 unspecified atom stereocenters. The number of nitrogens with zero attached hydrogens (tertiary/aromatic N) is 4. The summed E-state index contributed by atoms with van der Waals surface area (Å²) in [5.41, 5.74) is -4.22. The van der Waals surface area contributed by atoms with Crippen LogP contribution < -0.4 is 0 Å². The fourth-order valence-electron chi connectivity index (χ4n) is 3.14. The van der Waals surface area contributed by atoms with E-state index in [4.69, 9.17) is 22.7 Å². The highest BCUT2D eigenvalue weighted by Crippen LogP contribution is 2.37. The van der Waals surface area contributed by atoms with E-state index < -0.39 is 40.5 Å². The van der Waals surface area contributed by atoms with Gasteiger partial charge in [-0.25, -0.2) is 0 Å². The molecule has 0 aliphatic heterocycles. The summed E-state index contributed by atoms with van der Waals surface area (Å²) < 4.78 is 81.5. The molecule has 1 heterocycles. The quantitative estimate of drug-likeness (QED) is 0.381. The molecule has 0 aliphatic carbocycles. The van der Waals surface area contributed by atoms with Gasteiger partial charge in [0.05, 0.1) is 45.8 Å². The maximum absolute atomic E-state index is 13.3. The molecule has 164 valence electrons. The maximum Gasteiger partial charge on any atom is 0.417 e. The molecule has 0 fully saturated rings. The zero-order valence-corrected chi connectivity index (χ0v) is 16.7. The van der Waals surface area contributed by atoms with E-state index in [0.29, 0.717) is 12.1 Å². The van der Waals surface area contributed by atoms with Gasteiger partial charge in [0.15, 0.2) is 4.77 Å². The van der Waals surface area contributed by atoms with Crippen molar-refractivity contribution in [1.82, 2.24) is 9.13 Å². The Hall–Kier alpha value is -3.77. The molecule has 0 atom stereocenters. The lowest BCUT2D eigenvalue weighted by Crippen LogP contribution is -2.10. The lowest BCUT2D eigenvalue weighted by molar-refractivity contribution is -0.138. The van der Waals surface area contributed by atoms with E-state index in [0.717, 1.165) is 27.3 Å². The van der Waals surface area contributed by atoms with Crippen molar-refractivity contribution in [3.63, 3.8) is 0 Å². The third-order valence-electron chi connectivity index (χ3n) is 4.63. The summed E-state index contributed by atoms with van der Waals surface area (Å²) >= 11 is 5.23. The monoisotopic (exact) mass is 468 g/mol. The molecule has 12 heteroatoms. The largest absolute Gasteiger partial charge is 0.493 e. The van der Waals surface area contributed by atoms with Crippen molar-refractivity contribution in [2.24, 2.45) is 0 Å². The van der Waals surface area contributed by atoms with E-state index in [2.05, 4.69) is 0 Å². The third kappa shape index (κ3) is 3.81. The standard InChI is InChI=1S/C20H10F6N4OS/c1-10-17(31)30(14-5-3-12(9-28)16(7-14)20(24,25)26)18(32)29(10)13-4-2-11(8-27)15(6-13)19(21,22)23/h2-7,31H,1H3. The van der Waals surface area contributed by atoms with Gasteiger partial charge in [-0.15, -0.1) is 0 Å². The van der Waals surface area contributed by atoms with Crippen LogP contribution in [0.5, 0.6) is 5.88 Å². The Morgan fingerprint density at radius 1 is 0.812 bits per heavy atom. The summed E-state index contributed by atoms with van der Waals surface area (Å²) in [6.45, 7) is 1.31. The predicted molar refractivity (Wildman–Crippen MR) is 102 cm³/mol. The molecule has 1 N–H and O–H groups in total. The molecule has 32 heavy (non-hydrogen) atoms. The van der Waals surface area contributed by atoms with Gasteiger partial charge in [-0.3, -0.25) is 9.13 Å². The summed E-state index contributed by atoms with van der Waals surface area (Å²) in [7, 11) is 0. The smallest absolute Gasteiger partial charge is 0.417 e. The Kier molecular flexibility index (Phi) is 5.53. The summed E-state index contributed by atoms with van der Waals surface area (Å²) in [5.74, 6) is -0.606. The molecule has 1 aromatic heterocycles. The molecule has 2 aromatic carbocycles. The van der Waals surface area contributed by atoms with Gasteiger partial charge < -0.3 is 5.11 Å². The normalized spacial score (nSPS) is 11.8. The number of rotatable bonds is 2. The average molecular weight is 468 g/mol. The number of imidazole rings is 1. The number of alkyl halides is 6. The Morgan fingerprint density at radius 2 is 1.22 bits per heavy atom. The molecule has 0 bridgehead atoms. The number of nitriles is 2. The van der Waals surface area contributed by atoms with Gasteiger partial charge in [-0.05, 0) is 55.5 Å². The number of hydrogen-bond donors (Lipinski definition) is 1. The van der Waals surface area contributed by atoms with Crippen LogP contribution in [0.1, 0.15) is 27.9 Å². The van der Waals surface area contributed by atoms with Crippen LogP contribution in [0.4, 0.5) is 26.3 Å². The minimum atomic E-state index is -4.87. The fourth-order valence-corrected chi connectivity index (χ4v) is 3.57. The summed E-state index contributed by atoms with van der Waals surface area (Å²) in [5, 5.41) is 28.4. The van der Waals surface area contributed by atoms with Gasteiger partial charge >= 0.3 is 12.4 Å². The molecule has 0 saturated carbocycles. The first-order chi connectivity index (χ1) is 14.8. The minimum absolute atomic E-state index is 0.0502. The maximum atomic E-state index is 13.3. The zero-order valence-electron chi connectivity index (χ0n) is 15.9. The van der Waals surface area contributed by atoms with Gasteiger partial charge in [0, 0.05) is 5.69 Å². The van der Waals surface area contributed by atoms with Gasteiger partial charge in [-0.2, -0.15) is 36.9 Å². The number of halogens is 6. The molecule has 3 aromatic rings. The Morgan fingerprint density at radius 3 is 1.59 bits per heavy atom.